The average molecular weight is 192 g/mol. The van der Waals surface area contributed by atoms with Crippen molar-refractivity contribution >= 4 is 5.69 Å². The minimum atomic E-state index is 0.737. The monoisotopic (exact) mass is 192 g/mol. The fraction of sp³-hybridized carbons (Fsp3) is 0.583. The maximum absolute atomic E-state index is 4.24. The normalized spacial score (nSPS) is 12.5. The Morgan fingerprint density at radius 1 is 1.43 bits per heavy atom. The zero-order chi connectivity index (χ0) is 10.4. The van der Waals surface area contributed by atoms with Gasteiger partial charge in [-0.2, -0.15) is 0 Å². The van der Waals surface area contributed by atoms with Gasteiger partial charge < -0.3 is 5.32 Å². The van der Waals surface area contributed by atoms with Gasteiger partial charge in [-0.25, -0.2) is 0 Å². The van der Waals surface area contributed by atoms with Gasteiger partial charge in [0.15, 0.2) is 0 Å². The van der Waals surface area contributed by atoms with E-state index in [0.29, 0.717) is 0 Å². The number of rotatable bonds is 5. The van der Waals surface area contributed by atoms with Crippen molar-refractivity contribution in [1.82, 2.24) is 4.98 Å². The molecule has 0 aliphatic rings. The van der Waals surface area contributed by atoms with E-state index in [2.05, 4.69) is 30.2 Å². The molecule has 14 heavy (non-hydrogen) atoms. The van der Waals surface area contributed by atoms with Crippen LogP contribution in [0.3, 0.4) is 0 Å². The lowest BCUT2D eigenvalue weighted by atomic mass is 10.1. The van der Waals surface area contributed by atoms with Gasteiger partial charge in [-0.05, 0) is 31.4 Å². The van der Waals surface area contributed by atoms with E-state index in [1.165, 1.54) is 12.8 Å². The van der Waals surface area contributed by atoms with Crippen LogP contribution in [-0.2, 0) is 0 Å². The highest BCUT2D eigenvalue weighted by atomic mass is 14.9. The van der Waals surface area contributed by atoms with Crippen LogP contribution in [0.25, 0.3) is 0 Å². The molecule has 2 nitrogen and oxygen atoms in total. The Labute approximate surface area is 86.8 Å². The van der Waals surface area contributed by atoms with E-state index in [4.69, 9.17) is 0 Å². The second-order valence-corrected chi connectivity index (χ2v) is 3.96. The summed E-state index contributed by atoms with van der Waals surface area (Å²) in [4.78, 5) is 4.24. The molecule has 0 aromatic carbocycles. The van der Waals surface area contributed by atoms with Crippen molar-refractivity contribution in [3.63, 3.8) is 0 Å². The minimum absolute atomic E-state index is 0.737. The summed E-state index contributed by atoms with van der Waals surface area (Å²) in [5.74, 6) is 0.737. The molecule has 0 unspecified atom stereocenters. The molecule has 1 heterocycles. The van der Waals surface area contributed by atoms with Gasteiger partial charge in [-0.1, -0.05) is 20.3 Å². The highest BCUT2D eigenvalue weighted by Gasteiger charge is 1.99. The molecule has 1 N–H and O–H groups in total. The Balaban J connectivity index is 2.34. The number of aromatic nitrogens is 1. The minimum Gasteiger partial charge on any atom is -0.384 e. The zero-order valence-corrected chi connectivity index (χ0v) is 9.38. The van der Waals surface area contributed by atoms with Crippen LogP contribution in [0.15, 0.2) is 18.3 Å². The second-order valence-electron chi connectivity index (χ2n) is 3.96. The number of nitrogens with zero attached hydrogens (tertiary/aromatic N) is 1. The summed E-state index contributed by atoms with van der Waals surface area (Å²) in [6, 6.07) is 4.12. The molecule has 0 bridgehead atoms. The fourth-order valence-electron chi connectivity index (χ4n) is 1.46. The predicted molar refractivity (Wildman–Crippen MR) is 61.5 cm³/mol. The van der Waals surface area contributed by atoms with E-state index in [-0.39, 0.29) is 0 Å². The molecule has 1 rings (SSSR count). The van der Waals surface area contributed by atoms with Crippen molar-refractivity contribution in [3.05, 3.63) is 24.0 Å². The van der Waals surface area contributed by atoms with Gasteiger partial charge >= 0.3 is 0 Å². The summed E-state index contributed by atoms with van der Waals surface area (Å²) in [6.45, 7) is 7.55. The van der Waals surface area contributed by atoms with Crippen molar-refractivity contribution in [3.8, 4) is 0 Å². The van der Waals surface area contributed by atoms with Crippen molar-refractivity contribution in [2.45, 2.75) is 33.6 Å². The van der Waals surface area contributed by atoms with Crippen LogP contribution >= 0.6 is 0 Å². The van der Waals surface area contributed by atoms with Crippen molar-refractivity contribution in [1.29, 1.82) is 0 Å². The fourth-order valence-corrected chi connectivity index (χ4v) is 1.46. The lowest BCUT2D eigenvalue weighted by Gasteiger charge is -2.12. The van der Waals surface area contributed by atoms with E-state index in [1.807, 2.05) is 19.2 Å². The highest BCUT2D eigenvalue weighted by molar-refractivity contribution is 5.40. The van der Waals surface area contributed by atoms with Gasteiger partial charge in [0, 0.05) is 12.2 Å². The molecule has 0 aliphatic heterocycles. The lowest BCUT2D eigenvalue weighted by molar-refractivity contribution is 0.550. The quantitative estimate of drug-likeness (QED) is 0.774. The Hall–Kier alpha value is -1.05. The third kappa shape index (κ3) is 3.77. The number of hydrogen-bond donors (Lipinski definition) is 1. The van der Waals surface area contributed by atoms with Crippen LogP contribution in [0.2, 0.25) is 0 Å². The third-order valence-electron chi connectivity index (χ3n) is 2.35. The molecule has 0 radical (unpaired) electrons. The highest BCUT2D eigenvalue weighted by Crippen LogP contribution is 2.09. The molecule has 0 spiro atoms. The molecule has 0 amide bonds. The number of anilines is 1. The first kappa shape index (κ1) is 11.0. The maximum atomic E-state index is 4.24. The number of pyridine rings is 1. The standard InChI is InChI=1S/C12H20N2/c1-4-5-10(2)8-14-12-7-6-11(3)13-9-12/h6-7,9-10,14H,4-5,8H2,1-3H3/t10-/m1/s1. The Bertz CT molecular complexity index is 254. The van der Waals surface area contributed by atoms with Crippen molar-refractivity contribution < 1.29 is 0 Å². The zero-order valence-electron chi connectivity index (χ0n) is 9.38. The smallest absolute Gasteiger partial charge is 0.0527 e. The average Bonchev–Trinajstić information content (AvgIpc) is 2.17. The van der Waals surface area contributed by atoms with Crippen LogP contribution in [0.4, 0.5) is 5.69 Å². The van der Waals surface area contributed by atoms with Gasteiger partial charge in [0.1, 0.15) is 0 Å². The number of aryl methyl sites for hydroxylation is 1. The molecule has 2 heteroatoms. The van der Waals surface area contributed by atoms with E-state index >= 15 is 0 Å². The lowest BCUT2D eigenvalue weighted by Crippen LogP contribution is -2.11. The molecule has 0 saturated carbocycles. The molecule has 1 aromatic heterocycles. The van der Waals surface area contributed by atoms with Gasteiger partial charge in [-0.15, -0.1) is 0 Å². The molecular weight excluding hydrogens is 172 g/mol. The maximum Gasteiger partial charge on any atom is 0.0527 e. The molecule has 1 atom stereocenters. The van der Waals surface area contributed by atoms with Crippen molar-refractivity contribution in [2.75, 3.05) is 11.9 Å². The Morgan fingerprint density at radius 3 is 2.79 bits per heavy atom. The summed E-state index contributed by atoms with van der Waals surface area (Å²) in [5, 5.41) is 3.39. The summed E-state index contributed by atoms with van der Waals surface area (Å²) in [7, 11) is 0. The molecule has 0 aliphatic carbocycles. The summed E-state index contributed by atoms with van der Waals surface area (Å²) in [6.07, 6.45) is 4.44. The van der Waals surface area contributed by atoms with Crippen LogP contribution in [0.5, 0.6) is 0 Å². The topological polar surface area (TPSA) is 24.9 Å². The SMILES string of the molecule is CCC[C@@H](C)CNc1ccc(C)nc1. The number of hydrogen-bond acceptors (Lipinski definition) is 2. The Kier molecular flexibility index (Phi) is 4.44. The van der Waals surface area contributed by atoms with Crippen LogP contribution in [0, 0.1) is 12.8 Å². The van der Waals surface area contributed by atoms with E-state index in [0.717, 1.165) is 23.8 Å². The second kappa shape index (κ2) is 5.63. The summed E-state index contributed by atoms with van der Waals surface area (Å²) in [5.41, 5.74) is 2.19. The number of nitrogens with one attached hydrogen (secondary N) is 1. The first-order valence-electron chi connectivity index (χ1n) is 5.39. The molecule has 1 aromatic rings. The summed E-state index contributed by atoms with van der Waals surface area (Å²) < 4.78 is 0. The first-order chi connectivity index (χ1) is 6.72. The third-order valence-corrected chi connectivity index (χ3v) is 2.35. The molecule has 78 valence electrons. The molecule has 0 saturated heterocycles. The van der Waals surface area contributed by atoms with Gasteiger partial charge in [-0.3, -0.25) is 4.98 Å². The molecular formula is C12H20N2. The van der Waals surface area contributed by atoms with E-state index in [9.17, 15) is 0 Å². The first-order valence-corrected chi connectivity index (χ1v) is 5.39. The van der Waals surface area contributed by atoms with Gasteiger partial charge in [0.25, 0.3) is 0 Å². The predicted octanol–water partition coefficient (Wildman–Crippen LogP) is 3.24. The van der Waals surface area contributed by atoms with Gasteiger partial charge in [0.05, 0.1) is 11.9 Å². The van der Waals surface area contributed by atoms with E-state index < -0.39 is 0 Å². The van der Waals surface area contributed by atoms with Gasteiger partial charge in [0.2, 0.25) is 0 Å². The largest absolute Gasteiger partial charge is 0.384 e. The van der Waals surface area contributed by atoms with E-state index in [1.54, 1.807) is 0 Å². The van der Waals surface area contributed by atoms with Crippen LogP contribution < -0.4 is 5.32 Å². The van der Waals surface area contributed by atoms with Crippen LogP contribution in [-0.4, -0.2) is 11.5 Å². The Morgan fingerprint density at radius 2 is 2.21 bits per heavy atom. The van der Waals surface area contributed by atoms with Crippen molar-refractivity contribution in [2.24, 2.45) is 5.92 Å². The summed E-state index contributed by atoms with van der Waals surface area (Å²) >= 11 is 0. The molecule has 0 fully saturated rings. The van der Waals surface area contributed by atoms with Crippen LogP contribution in [0.1, 0.15) is 32.4 Å².